The van der Waals surface area contributed by atoms with Gasteiger partial charge >= 0.3 is 0 Å². The van der Waals surface area contributed by atoms with Crippen LogP contribution in [0.15, 0.2) is 46.9 Å². The van der Waals surface area contributed by atoms with Gasteiger partial charge in [0.25, 0.3) is 0 Å². The molecular formula is C19H20F2N2O. The molecule has 1 unspecified atom stereocenters. The first kappa shape index (κ1) is 16.6. The number of carbonyl (C=O) groups excluding carboxylic acids is 1. The number of hydrogen-bond donors (Lipinski definition) is 0. The summed E-state index contributed by atoms with van der Waals surface area (Å²) in [5, 5.41) is 0. The van der Waals surface area contributed by atoms with Crippen LogP contribution in [-0.2, 0) is 4.79 Å². The maximum Gasteiger partial charge on any atom is 0.185 e. The molecule has 0 saturated heterocycles. The van der Waals surface area contributed by atoms with Crippen molar-refractivity contribution in [1.82, 2.24) is 4.90 Å². The molecule has 3 rings (SSSR count). The Morgan fingerprint density at radius 2 is 2.00 bits per heavy atom. The highest BCUT2D eigenvalue weighted by Gasteiger charge is 2.35. The van der Waals surface area contributed by atoms with Gasteiger partial charge in [0.05, 0.1) is 6.04 Å². The third-order valence-corrected chi connectivity index (χ3v) is 4.61. The van der Waals surface area contributed by atoms with Gasteiger partial charge in [-0.1, -0.05) is 26.0 Å². The van der Waals surface area contributed by atoms with Gasteiger partial charge in [-0.2, -0.15) is 0 Å². The molecule has 2 atom stereocenters. The second-order valence-corrected chi connectivity index (χ2v) is 6.21. The molecule has 0 saturated carbocycles. The highest BCUT2D eigenvalue weighted by atomic mass is 19.1. The highest BCUT2D eigenvalue weighted by Crippen LogP contribution is 2.38. The van der Waals surface area contributed by atoms with Crippen molar-refractivity contribution in [1.29, 1.82) is 0 Å². The summed E-state index contributed by atoms with van der Waals surface area (Å²) in [6.45, 7) is 4.68. The molecule has 0 aromatic heterocycles. The molecule has 1 aliphatic heterocycles. The second-order valence-electron chi connectivity index (χ2n) is 6.21. The topological polar surface area (TPSA) is 32.7 Å². The molecule has 0 N–H and O–H groups in total. The van der Waals surface area contributed by atoms with E-state index >= 15 is 0 Å². The Balaban J connectivity index is 2.11. The fourth-order valence-electron chi connectivity index (χ4n) is 3.31. The molecule has 2 aliphatic rings. The Bertz CT molecular complexity index is 734. The molecule has 3 nitrogen and oxygen atoms in total. The molecule has 126 valence electrons. The molecule has 0 spiro atoms. The average Bonchev–Trinajstić information content (AvgIpc) is 2.65. The lowest BCUT2D eigenvalue weighted by Gasteiger charge is -2.36. The summed E-state index contributed by atoms with van der Waals surface area (Å²) in [5.41, 5.74) is 1.97. The second kappa shape index (κ2) is 6.67. The zero-order valence-electron chi connectivity index (χ0n) is 13.8. The smallest absolute Gasteiger partial charge is 0.185 e. The number of rotatable bonds is 4. The van der Waals surface area contributed by atoms with Crippen LogP contribution in [-0.4, -0.2) is 29.6 Å². The number of amidine groups is 1. The van der Waals surface area contributed by atoms with E-state index in [1.165, 1.54) is 12.1 Å². The van der Waals surface area contributed by atoms with E-state index in [1.807, 2.05) is 18.7 Å². The summed E-state index contributed by atoms with van der Waals surface area (Å²) in [7, 11) is 0. The number of carbonyl (C=O) groups is 1. The monoisotopic (exact) mass is 330 g/mol. The summed E-state index contributed by atoms with van der Waals surface area (Å²) >= 11 is 0. The molecule has 0 fully saturated rings. The van der Waals surface area contributed by atoms with Gasteiger partial charge in [0.2, 0.25) is 0 Å². The molecule has 24 heavy (non-hydrogen) atoms. The minimum Gasteiger partial charge on any atom is -0.327 e. The number of nitrogens with zero attached hydrogens (tertiary/aromatic N) is 2. The van der Waals surface area contributed by atoms with E-state index in [0.717, 1.165) is 18.4 Å². The summed E-state index contributed by atoms with van der Waals surface area (Å²) in [6.07, 6.45) is 3.52. The maximum absolute atomic E-state index is 14.8. The molecule has 1 aromatic rings. The van der Waals surface area contributed by atoms with E-state index < -0.39 is 0 Å². The zero-order valence-corrected chi connectivity index (χ0v) is 13.8. The van der Waals surface area contributed by atoms with E-state index in [0.29, 0.717) is 23.5 Å². The standard InChI is InChI=1S/C19H20F2N2O/c1-3-8-23-18-9-15(13-4-6-14(20)7-5-13)16(21)10-17(12(18)2)22-19(23)11-24/h4-7,9,11-12,17H,3,8,10H2,1-2H3/t12-,17?/m0/s1. The van der Waals surface area contributed by atoms with Crippen molar-refractivity contribution in [2.75, 3.05) is 6.54 Å². The van der Waals surface area contributed by atoms with Crippen molar-refractivity contribution < 1.29 is 13.6 Å². The molecule has 0 radical (unpaired) electrons. The summed E-state index contributed by atoms with van der Waals surface area (Å²) < 4.78 is 28.0. The van der Waals surface area contributed by atoms with Crippen molar-refractivity contribution >= 4 is 17.7 Å². The lowest BCUT2D eigenvalue weighted by Crippen LogP contribution is -2.42. The van der Waals surface area contributed by atoms with Crippen molar-refractivity contribution in [3.8, 4) is 0 Å². The van der Waals surface area contributed by atoms with Gasteiger partial charge in [-0.05, 0) is 30.2 Å². The van der Waals surface area contributed by atoms with Crippen LogP contribution in [0.1, 0.15) is 32.3 Å². The number of fused-ring (bicyclic) bond motifs is 2. The van der Waals surface area contributed by atoms with Crippen LogP contribution in [0.3, 0.4) is 0 Å². The van der Waals surface area contributed by atoms with Crippen molar-refractivity contribution in [2.45, 2.75) is 32.7 Å². The summed E-state index contributed by atoms with van der Waals surface area (Å²) in [4.78, 5) is 17.7. The van der Waals surface area contributed by atoms with Gasteiger partial charge < -0.3 is 4.90 Å². The predicted molar refractivity (Wildman–Crippen MR) is 90.6 cm³/mol. The number of hydrogen-bond acceptors (Lipinski definition) is 3. The van der Waals surface area contributed by atoms with Crippen LogP contribution in [0, 0.1) is 11.7 Å². The molecule has 1 aromatic carbocycles. The van der Waals surface area contributed by atoms with Crippen molar-refractivity contribution in [2.24, 2.45) is 10.9 Å². The van der Waals surface area contributed by atoms with Crippen molar-refractivity contribution in [3.63, 3.8) is 0 Å². The van der Waals surface area contributed by atoms with Crippen LogP contribution in [0.2, 0.25) is 0 Å². The fraction of sp³-hybridized carbons (Fsp3) is 0.368. The lowest BCUT2D eigenvalue weighted by atomic mass is 9.93. The van der Waals surface area contributed by atoms with Crippen LogP contribution < -0.4 is 0 Å². The number of aliphatic imine (C=N–C) groups is 1. The molecule has 2 bridgehead atoms. The van der Waals surface area contributed by atoms with Crippen LogP contribution in [0.4, 0.5) is 8.78 Å². The highest BCUT2D eigenvalue weighted by molar-refractivity contribution is 6.27. The van der Waals surface area contributed by atoms with Crippen molar-refractivity contribution in [3.05, 3.63) is 53.2 Å². The van der Waals surface area contributed by atoms with Crippen LogP contribution in [0.5, 0.6) is 0 Å². The van der Waals surface area contributed by atoms with E-state index in [9.17, 15) is 13.6 Å². The SMILES string of the molecule is CCCN1C2=CC(c3ccc(F)cc3)=C(F)CC(N=C1C=O)[C@@H]2C. The third kappa shape index (κ3) is 2.90. The lowest BCUT2D eigenvalue weighted by molar-refractivity contribution is -0.103. The first-order chi connectivity index (χ1) is 11.5. The van der Waals surface area contributed by atoms with E-state index in [2.05, 4.69) is 4.99 Å². The minimum absolute atomic E-state index is 0.0175. The first-order valence-corrected chi connectivity index (χ1v) is 8.21. The molecule has 0 amide bonds. The number of aldehydes is 1. The van der Waals surface area contributed by atoms with E-state index in [4.69, 9.17) is 0 Å². The molecular weight excluding hydrogens is 310 g/mol. The zero-order chi connectivity index (χ0) is 17.3. The van der Waals surface area contributed by atoms with Gasteiger partial charge in [0.1, 0.15) is 11.6 Å². The van der Waals surface area contributed by atoms with Gasteiger partial charge in [0, 0.05) is 30.2 Å². The largest absolute Gasteiger partial charge is 0.327 e. The van der Waals surface area contributed by atoms with Gasteiger partial charge in [-0.25, -0.2) is 8.78 Å². The predicted octanol–water partition coefficient (Wildman–Crippen LogP) is 4.12. The first-order valence-electron chi connectivity index (χ1n) is 8.21. The number of benzene rings is 1. The third-order valence-electron chi connectivity index (χ3n) is 4.61. The van der Waals surface area contributed by atoms with Crippen LogP contribution >= 0.6 is 0 Å². The number of halogens is 2. The Labute approximate surface area is 140 Å². The molecule has 1 aliphatic carbocycles. The Kier molecular flexibility index (Phi) is 4.60. The van der Waals surface area contributed by atoms with E-state index in [1.54, 1.807) is 18.2 Å². The summed E-state index contributed by atoms with van der Waals surface area (Å²) in [5.74, 6) is -0.253. The molecule has 1 heterocycles. The fourth-order valence-corrected chi connectivity index (χ4v) is 3.31. The minimum atomic E-state index is -0.354. The Hall–Kier alpha value is -2.30. The van der Waals surface area contributed by atoms with Gasteiger partial charge in [-0.15, -0.1) is 0 Å². The van der Waals surface area contributed by atoms with Crippen LogP contribution in [0.25, 0.3) is 5.57 Å². The van der Waals surface area contributed by atoms with E-state index in [-0.39, 0.29) is 30.0 Å². The molecule has 5 heteroatoms. The quantitative estimate of drug-likeness (QED) is 0.778. The number of allylic oxidation sites excluding steroid dienone is 2. The van der Waals surface area contributed by atoms with Gasteiger partial charge in [0.15, 0.2) is 12.1 Å². The average molecular weight is 330 g/mol. The summed E-state index contributed by atoms with van der Waals surface area (Å²) in [6, 6.07) is 5.51. The normalized spacial score (nSPS) is 23.6. The Morgan fingerprint density at radius 1 is 1.29 bits per heavy atom. The Morgan fingerprint density at radius 3 is 2.62 bits per heavy atom. The van der Waals surface area contributed by atoms with Gasteiger partial charge in [-0.3, -0.25) is 9.79 Å². The maximum atomic E-state index is 14.8.